The highest BCUT2D eigenvalue weighted by Crippen LogP contribution is 2.31. The maximum Gasteiger partial charge on any atom is 0.247 e. The van der Waals surface area contributed by atoms with Gasteiger partial charge in [-0.2, -0.15) is 0 Å². The largest absolute Gasteiger partial charge is 0.497 e. The van der Waals surface area contributed by atoms with Gasteiger partial charge in [0.1, 0.15) is 11.8 Å². The molecule has 4 rings (SSSR count). The maximum atomic E-state index is 13.1. The van der Waals surface area contributed by atoms with Gasteiger partial charge in [0.25, 0.3) is 0 Å². The second kappa shape index (κ2) is 9.30. The summed E-state index contributed by atoms with van der Waals surface area (Å²) in [6.07, 6.45) is 3.03. The fraction of sp³-hybridized carbons (Fsp3) is 0.417. The standard InChI is InChI=1S/C24H28N2O4/c1-29-19-10-8-17(9-11-19)20-5-2-3-6-21(20)25-23(27)22-7-4-14-26(22)24(28)18-12-15-30-16-13-18/h2-3,5-6,8-11,18,22H,4,7,12-16H2,1H3,(H,25,27)/t22-/m0/s1. The molecule has 0 aromatic heterocycles. The van der Waals surface area contributed by atoms with Gasteiger partial charge in [-0.05, 0) is 49.4 Å². The van der Waals surface area contributed by atoms with Crippen LogP contribution in [-0.4, -0.2) is 49.6 Å². The number of ether oxygens (including phenoxy) is 2. The molecule has 30 heavy (non-hydrogen) atoms. The highest BCUT2D eigenvalue weighted by atomic mass is 16.5. The van der Waals surface area contributed by atoms with Crippen molar-refractivity contribution in [2.24, 2.45) is 5.92 Å². The molecule has 0 bridgehead atoms. The van der Waals surface area contributed by atoms with Gasteiger partial charge in [-0.25, -0.2) is 0 Å². The molecule has 6 nitrogen and oxygen atoms in total. The van der Waals surface area contributed by atoms with Crippen molar-refractivity contribution in [2.45, 2.75) is 31.7 Å². The Hall–Kier alpha value is -2.86. The zero-order valence-corrected chi connectivity index (χ0v) is 17.3. The van der Waals surface area contributed by atoms with E-state index in [1.807, 2.05) is 48.5 Å². The third kappa shape index (κ3) is 4.33. The molecule has 2 amide bonds. The number of carbonyl (C=O) groups is 2. The van der Waals surface area contributed by atoms with E-state index in [1.54, 1.807) is 12.0 Å². The highest BCUT2D eigenvalue weighted by Gasteiger charge is 2.37. The normalized spacial score (nSPS) is 19.5. The number of hydrogen-bond acceptors (Lipinski definition) is 4. The number of hydrogen-bond donors (Lipinski definition) is 1. The summed E-state index contributed by atoms with van der Waals surface area (Å²) < 4.78 is 10.6. The van der Waals surface area contributed by atoms with Crippen LogP contribution in [0.4, 0.5) is 5.69 Å². The van der Waals surface area contributed by atoms with Crippen LogP contribution in [0.3, 0.4) is 0 Å². The molecule has 0 aliphatic carbocycles. The molecule has 158 valence electrons. The summed E-state index contributed by atoms with van der Waals surface area (Å²) in [5.74, 6) is 0.737. The second-order valence-electron chi connectivity index (χ2n) is 7.84. The van der Waals surface area contributed by atoms with Crippen molar-refractivity contribution in [3.8, 4) is 16.9 Å². The zero-order chi connectivity index (χ0) is 20.9. The fourth-order valence-corrected chi connectivity index (χ4v) is 4.31. The van der Waals surface area contributed by atoms with E-state index in [0.717, 1.165) is 41.8 Å². The molecule has 6 heteroatoms. The van der Waals surface area contributed by atoms with Gasteiger partial charge < -0.3 is 19.7 Å². The van der Waals surface area contributed by atoms with Crippen LogP contribution >= 0.6 is 0 Å². The Balaban J connectivity index is 1.50. The van der Waals surface area contributed by atoms with Gasteiger partial charge in [-0.1, -0.05) is 30.3 Å². The van der Waals surface area contributed by atoms with Gasteiger partial charge in [-0.15, -0.1) is 0 Å². The quantitative estimate of drug-likeness (QED) is 0.819. The lowest BCUT2D eigenvalue weighted by Crippen LogP contribution is -2.46. The van der Waals surface area contributed by atoms with Gasteiger partial charge in [0.05, 0.1) is 7.11 Å². The molecular formula is C24H28N2O4. The maximum absolute atomic E-state index is 13.1. The van der Waals surface area contributed by atoms with Crippen molar-refractivity contribution in [1.29, 1.82) is 0 Å². The first-order chi connectivity index (χ1) is 14.7. The lowest BCUT2D eigenvalue weighted by Gasteiger charge is -2.30. The van der Waals surface area contributed by atoms with Crippen molar-refractivity contribution < 1.29 is 19.1 Å². The first kappa shape index (κ1) is 20.4. The summed E-state index contributed by atoms with van der Waals surface area (Å²) in [6, 6.07) is 15.1. The molecule has 1 atom stereocenters. The van der Waals surface area contributed by atoms with Crippen molar-refractivity contribution >= 4 is 17.5 Å². The first-order valence-corrected chi connectivity index (χ1v) is 10.6. The Bertz CT molecular complexity index is 890. The van der Waals surface area contributed by atoms with Gasteiger partial charge in [0.15, 0.2) is 0 Å². The first-order valence-electron chi connectivity index (χ1n) is 10.6. The molecule has 1 N–H and O–H groups in total. The Labute approximate surface area is 177 Å². The predicted molar refractivity (Wildman–Crippen MR) is 115 cm³/mol. The van der Waals surface area contributed by atoms with E-state index >= 15 is 0 Å². The van der Waals surface area contributed by atoms with Crippen molar-refractivity contribution in [3.05, 3.63) is 48.5 Å². The fourth-order valence-electron chi connectivity index (χ4n) is 4.31. The summed E-state index contributed by atoms with van der Waals surface area (Å²) in [6.45, 7) is 1.89. The minimum absolute atomic E-state index is 0.0289. The molecule has 2 aromatic carbocycles. The lowest BCUT2D eigenvalue weighted by molar-refractivity contribution is -0.142. The molecule has 2 fully saturated rings. The predicted octanol–water partition coefficient (Wildman–Crippen LogP) is 3.72. The molecule has 0 spiro atoms. The molecule has 2 saturated heterocycles. The number of methoxy groups -OCH3 is 1. The molecule has 2 aromatic rings. The number of rotatable bonds is 5. The number of carbonyl (C=O) groups excluding carboxylic acids is 2. The van der Waals surface area contributed by atoms with Crippen LogP contribution in [0.15, 0.2) is 48.5 Å². The minimum atomic E-state index is -0.413. The summed E-state index contributed by atoms with van der Waals surface area (Å²) in [4.78, 5) is 27.9. The topological polar surface area (TPSA) is 67.9 Å². The minimum Gasteiger partial charge on any atom is -0.497 e. The molecule has 0 unspecified atom stereocenters. The molecule has 0 radical (unpaired) electrons. The van der Waals surface area contributed by atoms with Gasteiger partial charge in [0, 0.05) is 36.9 Å². The Morgan fingerprint density at radius 1 is 1.03 bits per heavy atom. The smallest absolute Gasteiger partial charge is 0.247 e. The van der Waals surface area contributed by atoms with Crippen LogP contribution in [0.2, 0.25) is 0 Å². The van der Waals surface area contributed by atoms with Crippen LogP contribution in [-0.2, 0) is 14.3 Å². The van der Waals surface area contributed by atoms with Crippen molar-refractivity contribution in [1.82, 2.24) is 4.90 Å². The van der Waals surface area contributed by atoms with Crippen LogP contribution < -0.4 is 10.1 Å². The number of likely N-dealkylation sites (tertiary alicyclic amines) is 1. The van der Waals surface area contributed by atoms with E-state index in [1.165, 1.54) is 0 Å². The van der Waals surface area contributed by atoms with Crippen LogP contribution in [0.5, 0.6) is 5.75 Å². The monoisotopic (exact) mass is 408 g/mol. The third-order valence-electron chi connectivity index (χ3n) is 6.00. The van der Waals surface area contributed by atoms with E-state index in [2.05, 4.69) is 5.32 Å². The van der Waals surface area contributed by atoms with E-state index < -0.39 is 6.04 Å². The van der Waals surface area contributed by atoms with E-state index in [4.69, 9.17) is 9.47 Å². The molecular weight excluding hydrogens is 380 g/mol. The molecule has 2 aliphatic heterocycles. The SMILES string of the molecule is COc1ccc(-c2ccccc2NC(=O)[C@@H]2CCCN2C(=O)C2CCOCC2)cc1. The van der Waals surface area contributed by atoms with E-state index in [-0.39, 0.29) is 17.7 Å². The average molecular weight is 408 g/mol. The van der Waals surface area contributed by atoms with Crippen molar-refractivity contribution in [3.63, 3.8) is 0 Å². The summed E-state index contributed by atoms with van der Waals surface area (Å²) in [5.41, 5.74) is 2.68. The Morgan fingerprint density at radius 2 is 1.77 bits per heavy atom. The average Bonchev–Trinajstić information content (AvgIpc) is 3.30. The molecule has 0 saturated carbocycles. The number of para-hydroxylation sites is 1. The number of anilines is 1. The second-order valence-corrected chi connectivity index (χ2v) is 7.84. The van der Waals surface area contributed by atoms with Gasteiger partial charge in [0.2, 0.25) is 11.8 Å². The third-order valence-corrected chi connectivity index (χ3v) is 6.00. The zero-order valence-electron chi connectivity index (χ0n) is 17.3. The van der Waals surface area contributed by atoms with Crippen molar-refractivity contribution in [2.75, 3.05) is 32.2 Å². The summed E-state index contributed by atoms with van der Waals surface area (Å²) in [5, 5.41) is 3.08. The van der Waals surface area contributed by atoms with Gasteiger partial charge in [-0.3, -0.25) is 9.59 Å². The lowest BCUT2D eigenvalue weighted by atomic mass is 9.98. The number of benzene rings is 2. The number of nitrogens with zero attached hydrogens (tertiary/aromatic N) is 1. The molecule has 2 aliphatic rings. The Kier molecular flexibility index (Phi) is 6.33. The number of amides is 2. The summed E-state index contributed by atoms with van der Waals surface area (Å²) in [7, 11) is 1.64. The van der Waals surface area contributed by atoms with Crippen LogP contribution in [0.1, 0.15) is 25.7 Å². The van der Waals surface area contributed by atoms with Crippen LogP contribution in [0.25, 0.3) is 11.1 Å². The Morgan fingerprint density at radius 3 is 2.50 bits per heavy atom. The van der Waals surface area contributed by atoms with E-state index in [9.17, 15) is 9.59 Å². The van der Waals surface area contributed by atoms with Gasteiger partial charge >= 0.3 is 0 Å². The van der Waals surface area contributed by atoms with Crippen LogP contribution in [0, 0.1) is 5.92 Å². The highest BCUT2D eigenvalue weighted by molar-refractivity contribution is 6.00. The summed E-state index contributed by atoms with van der Waals surface area (Å²) >= 11 is 0. The number of nitrogens with one attached hydrogen (secondary N) is 1. The molecule has 2 heterocycles. The van der Waals surface area contributed by atoms with E-state index in [0.29, 0.717) is 26.2 Å².